The van der Waals surface area contributed by atoms with Crippen molar-refractivity contribution >= 4 is 21.8 Å². The van der Waals surface area contributed by atoms with Gasteiger partial charge in [-0.15, -0.1) is 0 Å². The molecule has 5 heteroatoms. The summed E-state index contributed by atoms with van der Waals surface area (Å²) in [5.74, 6) is 0.0759. The van der Waals surface area contributed by atoms with Crippen LogP contribution < -0.4 is 0 Å². The number of rotatable bonds is 9. The van der Waals surface area contributed by atoms with E-state index in [1.54, 1.807) is 7.11 Å². The Bertz CT molecular complexity index is 421. The molecule has 0 aliphatic heterocycles. The zero-order chi connectivity index (χ0) is 15.7. The molecule has 0 aromatic heterocycles. The van der Waals surface area contributed by atoms with Crippen molar-refractivity contribution in [2.45, 2.75) is 11.8 Å². The monoisotopic (exact) mass is 356 g/mol. The molecule has 1 aromatic rings. The highest BCUT2D eigenvalue weighted by atomic mass is 79.9. The molecule has 0 spiro atoms. The molecule has 1 aromatic carbocycles. The van der Waals surface area contributed by atoms with Gasteiger partial charge in [0.15, 0.2) is 0 Å². The van der Waals surface area contributed by atoms with Crippen molar-refractivity contribution < 1.29 is 9.53 Å². The number of methoxy groups -OCH3 is 1. The van der Waals surface area contributed by atoms with Gasteiger partial charge in [0.05, 0.1) is 6.61 Å². The minimum atomic E-state index is 0.0759. The molecule has 0 bridgehead atoms. The van der Waals surface area contributed by atoms with Crippen LogP contribution in [0.25, 0.3) is 0 Å². The van der Waals surface area contributed by atoms with Crippen molar-refractivity contribution in [2.75, 3.05) is 47.4 Å². The summed E-state index contributed by atoms with van der Waals surface area (Å²) in [7, 11) is 5.74. The quantitative estimate of drug-likeness (QED) is 0.637. The second-order valence-electron chi connectivity index (χ2n) is 5.27. The van der Waals surface area contributed by atoms with Crippen molar-refractivity contribution in [3.05, 3.63) is 35.4 Å². The Kier molecular flexibility index (Phi) is 8.57. The van der Waals surface area contributed by atoms with Gasteiger partial charge in [-0.1, -0.05) is 28.1 Å². The molecule has 1 rings (SSSR count). The smallest absolute Gasteiger partial charge is 0.253 e. The van der Waals surface area contributed by atoms with Gasteiger partial charge in [0, 0.05) is 31.1 Å². The van der Waals surface area contributed by atoms with E-state index in [4.69, 9.17) is 4.74 Å². The second kappa shape index (κ2) is 9.92. The lowest BCUT2D eigenvalue weighted by atomic mass is 10.1. The molecule has 0 N–H and O–H groups in total. The van der Waals surface area contributed by atoms with Gasteiger partial charge >= 0.3 is 0 Å². The van der Waals surface area contributed by atoms with Gasteiger partial charge in [-0.25, -0.2) is 0 Å². The van der Waals surface area contributed by atoms with Gasteiger partial charge in [0.2, 0.25) is 0 Å². The third-order valence-corrected chi connectivity index (χ3v) is 3.89. The summed E-state index contributed by atoms with van der Waals surface area (Å²) in [6.07, 6.45) is 0.960. The van der Waals surface area contributed by atoms with E-state index in [0.717, 1.165) is 30.4 Å². The molecule has 0 aliphatic rings. The standard InChI is InChI=1S/C16H25BrN2O2/c1-18(2)9-4-10-19(11-12-21-3)16(20)15-7-5-14(13-17)6-8-15/h5-8H,4,9-13H2,1-3H3. The van der Waals surface area contributed by atoms with Crippen LogP contribution in [-0.2, 0) is 10.1 Å². The van der Waals surface area contributed by atoms with Crippen molar-refractivity contribution in [3.63, 3.8) is 0 Å². The van der Waals surface area contributed by atoms with E-state index in [9.17, 15) is 4.79 Å². The lowest BCUT2D eigenvalue weighted by Gasteiger charge is -2.23. The number of nitrogens with zero attached hydrogens (tertiary/aromatic N) is 2. The van der Waals surface area contributed by atoms with E-state index < -0.39 is 0 Å². The Labute approximate surface area is 136 Å². The van der Waals surface area contributed by atoms with E-state index in [2.05, 4.69) is 20.8 Å². The third kappa shape index (κ3) is 6.59. The summed E-state index contributed by atoms with van der Waals surface area (Å²) >= 11 is 3.41. The highest BCUT2D eigenvalue weighted by Crippen LogP contribution is 2.10. The highest BCUT2D eigenvalue weighted by molar-refractivity contribution is 9.08. The lowest BCUT2D eigenvalue weighted by Crippen LogP contribution is -2.36. The summed E-state index contributed by atoms with van der Waals surface area (Å²) in [5.41, 5.74) is 1.91. The summed E-state index contributed by atoms with van der Waals surface area (Å²) in [6, 6.07) is 7.75. The predicted molar refractivity (Wildman–Crippen MR) is 90.0 cm³/mol. The van der Waals surface area contributed by atoms with Crippen LogP contribution in [0.5, 0.6) is 0 Å². The maximum atomic E-state index is 12.6. The number of hydrogen-bond donors (Lipinski definition) is 0. The molecule has 0 fully saturated rings. The van der Waals surface area contributed by atoms with Crippen molar-refractivity contribution in [3.8, 4) is 0 Å². The molecule has 0 saturated heterocycles. The number of halogens is 1. The van der Waals surface area contributed by atoms with Crippen molar-refractivity contribution in [1.29, 1.82) is 0 Å². The Morgan fingerprint density at radius 2 is 1.81 bits per heavy atom. The summed E-state index contributed by atoms with van der Waals surface area (Å²) in [4.78, 5) is 16.6. The van der Waals surface area contributed by atoms with E-state index in [1.807, 2.05) is 43.3 Å². The van der Waals surface area contributed by atoms with Crippen LogP contribution >= 0.6 is 15.9 Å². The van der Waals surface area contributed by atoms with Crippen molar-refractivity contribution in [1.82, 2.24) is 9.80 Å². The fourth-order valence-corrected chi connectivity index (χ4v) is 2.39. The van der Waals surface area contributed by atoms with Gasteiger partial charge in [0.25, 0.3) is 5.91 Å². The SMILES string of the molecule is COCCN(CCCN(C)C)C(=O)c1ccc(CBr)cc1. The molecular formula is C16H25BrN2O2. The number of amides is 1. The molecule has 4 nitrogen and oxygen atoms in total. The molecule has 0 saturated carbocycles. The zero-order valence-corrected chi connectivity index (χ0v) is 14.7. The van der Waals surface area contributed by atoms with Crippen LogP contribution in [0.3, 0.4) is 0 Å². The second-order valence-corrected chi connectivity index (χ2v) is 5.83. The largest absolute Gasteiger partial charge is 0.383 e. The normalized spacial score (nSPS) is 10.9. The van der Waals surface area contributed by atoms with Gasteiger partial charge in [-0.05, 0) is 44.8 Å². The van der Waals surface area contributed by atoms with E-state index in [-0.39, 0.29) is 5.91 Å². The van der Waals surface area contributed by atoms with Crippen molar-refractivity contribution in [2.24, 2.45) is 0 Å². The molecule has 0 atom stereocenters. The van der Waals surface area contributed by atoms with Gasteiger partial charge in [-0.2, -0.15) is 0 Å². The number of carbonyl (C=O) groups is 1. The molecular weight excluding hydrogens is 332 g/mol. The third-order valence-electron chi connectivity index (χ3n) is 3.24. The van der Waals surface area contributed by atoms with Crippen LogP contribution in [-0.4, -0.2) is 63.2 Å². The maximum Gasteiger partial charge on any atom is 0.253 e. The van der Waals surface area contributed by atoms with Gasteiger partial charge < -0.3 is 14.5 Å². The van der Waals surface area contributed by atoms with Gasteiger partial charge in [0.1, 0.15) is 0 Å². The number of carbonyl (C=O) groups excluding carboxylic acids is 1. The van der Waals surface area contributed by atoms with Crippen LogP contribution in [0.15, 0.2) is 24.3 Å². The summed E-state index contributed by atoms with van der Waals surface area (Å²) < 4.78 is 5.11. The number of hydrogen-bond acceptors (Lipinski definition) is 3. The van der Waals surface area contributed by atoms with E-state index >= 15 is 0 Å². The van der Waals surface area contributed by atoms with Crippen LogP contribution in [0.1, 0.15) is 22.3 Å². The zero-order valence-electron chi connectivity index (χ0n) is 13.1. The first-order chi connectivity index (χ1) is 10.1. The number of benzene rings is 1. The van der Waals surface area contributed by atoms with Crippen LogP contribution in [0.4, 0.5) is 0 Å². The Morgan fingerprint density at radius 1 is 1.14 bits per heavy atom. The van der Waals surface area contributed by atoms with E-state index in [0.29, 0.717) is 13.2 Å². The minimum absolute atomic E-state index is 0.0759. The van der Waals surface area contributed by atoms with Crippen LogP contribution in [0, 0.1) is 0 Å². The Hall–Kier alpha value is -0.910. The molecule has 118 valence electrons. The highest BCUT2D eigenvalue weighted by Gasteiger charge is 2.15. The molecule has 0 unspecified atom stereocenters. The number of ether oxygens (including phenoxy) is 1. The summed E-state index contributed by atoms with van der Waals surface area (Å²) in [5, 5.41) is 0.803. The van der Waals surface area contributed by atoms with Gasteiger partial charge in [-0.3, -0.25) is 4.79 Å². The molecule has 0 aliphatic carbocycles. The average molecular weight is 357 g/mol. The maximum absolute atomic E-state index is 12.6. The topological polar surface area (TPSA) is 32.8 Å². The molecule has 1 amide bonds. The van der Waals surface area contributed by atoms with Crippen LogP contribution in [0.2, 0.25) is 0 Å². The van der Waals surface area contributed by atoms with E-state index in [1.165, 1.54) is 5.56 Å². The fraction of sp³-hybridized carbons (Fsp3) is 0.562. The Morgan fingerprint density at radius 3 is 2.33 bits per heavy atom. The molecule has 0 radical (unpaired) electrons. The first kappa shape index (κ1) is 18.1. The minimum Gasteiger partial charge on any atom is -0.383 e. The molecule has 0 heterocycles. The average Bonchev–Trinajstić information content (AvgIpc) is 2.49. The lowest BCUT2D eigenvalue weighted by molar-refractivity contribution is 0.0689. The number of alkyl halides is 1. The first-order valence-corrected chi connectivity index (χ1v) is 8.28. The molecule has 21 heavy (non-hydrogen) atoms. The summed E-state index contributed by atoms with van der Waals surface area (Å²) in [6.45, 7) is 2.91. The first-order valence-electron chi connectivity index (χ1n) is 7.16. The predicted octanol–water partition coefficient (Wildman–Crippen LogP) is 2.62. The fourth-order valence-electron chi connectivity index (χ4n) is 2.01. The Balaban J connectivity index is 2.67.